The van der Waals surface area contributed by atoms with Gasteiger partial charge in [-0.05, 0) is 35.0 Å². The molecule has 1 aliphatic rings. The predicted molar refractivity (Wildman–Crippen MR) is 86.7 cm³/mol. The van der Waals surface area contributed by atoms with Crippen LogP contribution in [0.2, 0.25) is 0 Å². The van der Waals surface area contributed by atoms with E-state index in [2.05, 4.69) is 18.2 Å². The molecule has 0 bridgehead atoms. The summed E-state index contributed by atoms with van der Waals surface area (Å²) in [4.78, 5) is 12.3. The first kappa shape index (κ1) is 13.1. The molecule has 2 aromatic carbocycles. The van der Waals surface area contributed by atoms with Gasteiger partial charge < -0.3 is 4.65 Å². The molecule has 2 heterocycles. The quantitative estimate of drug-likeness (QED) is 0.678. The van der Waals surface area contributed by atoms with Gasteiger partial charge in [-0.2, -0.15) is 0 Å². The third-order valence-corrected chi connectivity index (χ3v) is 4.13. The summed E-state index contributed by atoms with van der Waals surface area (Å²) in [5.74, 6) is 0.775. The lowest BCUT2D eigenvalue weighted by Crippen LogP contribution is -2.63. The van der Waals surface area contributed by atoms with Crippen molar-refractivity contribution in [2.45, 2.75) is 13.3 Å². The van der Waals surface area contributed by atoms with Gasteiger partial charge in [0.25, 0.3) is 0 Å². The Labute approximate surface area is 129 Å². The van der Waals surface area contributed by atoms with E-state index in [9.17, 15) is 4.79 Å². The normalized spacial score (nSPS) is 12.5. The second-order valence-corrected chi connectivity index (χ2v) is 5.48. The molecule has 3 aromatic rings. The van der Waals surface area contributed by atoms with E-state index < -0.39 is 7.05 Å². The van der Waals surface area contributed by atoms with Crippen LogP contribution >= 0.6 is 0 Å². The second-order valence-electron chi connectivity index (χ2n) is 5.48. The highest BCUT2D eigenvalue weighted by Crippen LogP contribution is 2.35. The molecular weight excluding hydrogens is 273 g/mol. The number of hydrogen-bond donors (Lipinski definition) is 0. The maximum atomic E-state index is 12.3. The minimum Gasteiger partial charge on any atom is -0.494 e. The van der Waals surface area contributed by atoms with E-state index in [1.165, 1.54) is 5.39 Å². The van der Waals surface area contributed by atoms with Crippen molar-refractivity contribution in [3.05, 3.63) is 60.8 Å². The van der Waals surface area contributed by atoms with E-state index in [1.807, 2.05) is 54.0 Å². The van der Waals surface area contributed by atoms with Crippen LogP contribution in [0, 0.1) is 0 Å². The maximum Gasteiger partial charge on any atom is 0.802 e. The Morgan fingerprint density at radius 3 is 2.59 bits per heavy atom. The zero-order valence-electron chi connectivity index (χ0n) is 12.3. The molecule has 1 aromatic heterocycles. The van der Waals surface area contributed by atoms with Crippen molar-refractivity contribution in [1.82, 2.24) is 0 Å². The van der Waals surface area contributed by atoms with Crippen LogP contribution in [0.1, 0.15) is 13.3 Å². The number of carbonyl (C=O) groups excluding carboxylic acids is 1. The number of hydrogen-bond acceptors (Lipinski definition) is 2. The molecule has 0 saturated carbocycles. The van der Waals surface area contributed by atoms with Gasteiger partial charge in [-0.1, -0.05) is 31.2 Å². The number of rotatable bonds is 2. The van der Waals surface area contributed by atoms with E-state index in [4.69, 9.17) is 4.65 Å². The molecule has 0 aliphatic carbocycles. The first-order chi connectivity index (χ1) is 10.8. The average Bonchev–Trinajstić information content (AvgIpc) is 2.58. The minimum absolute atomic E-state index is 0.0799. The van der Waals surface area contributed by atoms with Crippen LogP contribution in [0.5, 0.6) is 5.75 Å². The van der Waals surface area contributed by atoms with Crippen LogP contribution in [0.25, 0.3) is 22.0 Å². The average molecular weight is 288 g/mol. The summed E-state index contributed by atoms with van der Waals surface area (Å²) in [6.07, 6.45) is 2.36. The van der Waals surface area contributed by atoms with Gasteiger partial charge in [0.15, 0.2) is 5.69 Å². The minimum atomic E-state index is -0.574. The Kier molecular flexibility index (Phi) is 2.96. The lowest BCUT2D eigenvalue weighted by molar-refractivity contribution is -0.535. The van der Waals surface area contributed by atoms with Crippen LogP contribution in [0.15, 0.2) is 60.8 Å². The molecule has 0 amide bonds. The molecule has 0 atom stereocenters. The summed E-state index contributed by atoms with van der Waals surface area (Å²) in [6.45, 7) is 1.87. The molecule has 0 N–H and O–H groups in total. The smallest absolute Gasteiger partial charge is 0.494 e. The number of aromatic nitrogens is 1. The van der Waals surface area contributed by atoms with Gasteiger partial charge in [-0.3, -0.25) is 4.79 Å². The molecule has 0 unspecified atom stereocenters. The van der Waals surface area contributed by atoms with Crippen molar-refractivity contribution >= 4 is 23.5 Å². The zero-order chi connectivity index (χ0) is 15.1. The second kappa shape index (κ2) is 4.99. The molecule has 0 saturated heterocycles. The molecule has 0 spiro atoms. The van der Waals surface area contributed by atoms with Gasteiger partial charge in [-0.15, -0.1) is 0 Å². The van der Waals surface area contributed by atoms with Crippen molar-refractivity contribution in [3.63, 3.8) is 0 Å². The molecule has 0 fully saturated rings. The molecule has 4 rings (SSSR count). The summed E-state index contributed by atoms with van der Waals surface area (Å²) in [5, 5.41) is 2.29. The Bertz CT molecular complexity index is 891. The lowest BCUT2D eigenvalue weighted by atomic mass is 9.72. The molecule has 1 aliphatic heterocycles. The first-order valence-corrected chi connectivity index (χ1v) is 7.50. The van der Waals surface area contributed by atoms with Crippen LogP contribution < -0.4 is 9.13 Å². The highest BCUT2D eigenvalue weighted by molar-refractivity contribution is 6.79. The van der Waals surface area contributed by atoms with Gasteiger partial charge in [0.1, 0.15) is 11.9 Å². The van der Waals surface area contributed by atoms with Crippen LogP contribution in [0.4, 0.5) is 0 Å². The third-order valence-electron chi connectivity index (χ3n) is 4.13. The third kappa shape index (κ3) is 1.91. The van der Waals surface area contributed by atoms with Gasteiger partial charge in [-0.25, -0.2) is 4.48 Å². The Morgan fingerprint density at radius 2 is 1.82 bits per heavy atom. The topological polar surface area (TPSA) is 30.2 Å². The number of pyridine rings is 1. The Morgan fingerprint density at radius 1 is 1.09 bits per heavy atom. The Hall–Kier alpha value is -2.62. The van der Waals surface area contributed by atoms with Crippen molar-refractivity contribution in [1.29, 1.82) is 0 Å². The summed E-state index contributed by atoms with van der Waals surface area (Å²) in [6, 6.07) is 18.3. The lowest BCUT2D eigenvalue weighted by Gasteiger charge is -2.19. The SMILES string of the molecule is CCC(=O)B1Oc2cc3ccccc3cc2-c2cccc[n+]21. The van der Waals surface area contributed by atoms with E-state index in [1.54, 1.807) is 0 Å². The van der Waals surface area contributed by atoms with Crippen molar-refractivity contribution in [2.24, 2.45) is 0 Å². The number of fused-ring (bicyclic) bond motifs is 4. The standard InChI is InChI=1S/C18H15BNO2/c1-2-18(21)19-20-10-6-5-9-16(20)15-11-13-7-3-4-8-14(13)12-17(15)22-19/h3-12H,2H2,1H3/q+1. The van der Waals surface area contributed by atoms with Crippen molar-refractivity contribution < 1.29 is 13.9 Å². The van der Waals surface area contributed by atoms with E-state index in [-0.39, 0.29) is 5.68 Å². The number of nitrogens with zero attached hydrogens (tertiary/aromatic N) is 1. The number of carbonyl (C=O) groups is 1. The predicted octanol–water partition coefficient (Wildman–Crippen LogP) is 3.04. The van der Waals surface area contributed by atoms with Crippen molar-refractivity contribution in [2.75, 3.05) is 0 Å². The van der Waals surface area contributed by atoms with Crippen LogP contribution in [-0.2, 0) is 4.79 Å². The summed E-state index contributed by atoms with van der Waals surface area (Å²) in [5.41, 5.74) is 2.12. The molecule has 22 heavy (non-hydrogen) atoms. The van der Waals surface area contributed by atoms with Crippen LogP contribution in [-0.4, -0.2) is 12.7 Å². The highest BCUT2D eigenvalue weighted by Gasteiger charge is 2.48. The van der Waals surface area contributed by atoms with E-state index in [0.29, 0.717) is 6.42 Å². The monoisotopic (exact) mass is 288 g/mol. The fourth-order valence-corrected chi connectivity index (χ4v) is 2.98. The maximum absolute atomic E-state index is 12.3. The van der Waals surface area contributed by atoms with Crippen LogP contribution in [0.3, 0.4) is 0 Å². The molecule has 3 nitrogen and oxygen atoms in total. The van der Waals surface area contributed by atoms with Gasteiger partial charge >= 0.3 is 7.05 Å². The van der Waals surface area contributed by atoms with Gasteiger partial charge in [0.05, 0.1) is 5.56 Å². The summed E-state index contributed by atoms with van der Waals surface area (Å²) >= 11 is 0. The molecule has 106 valence electrons. The molecular formula is C18H15BNO2+. The summed E-state index contributed by atoms with van der Waals surface area (Å²) in [7, 11) is -0.574. The number of benzene rings is 2. The summed E-state index contributed by atoms with van der Waals surface area (Å²) < 4.78 is 7.95. The fraction of sp³-hybridized carbons (Fsp3) is 0.111. The van der Waals surface area contributed by atoms with Gasteiger partial charge in [0, 0.05) is 12.5 Å². The Balaban J connectivity index is 1.98. The largest absolute Gasteiger partial charge is 0.802 e. The van der Waals surface area contributed by atoms with Gasteiger partial charge in [0.2, 0.25) is 5.68 Å². The van der Waals surface area contributed by atoms with E-state index in [0.717, 1.165) is 22.4 Å². The van der Waals surface area contributed by atoms with E-state index >= 15 is 0 Å². The first-order valence-electron chi connectivity index (χ1n) is 7.50. The fourth-order valence-electron chi connectivity index (χ4n) is 2.98. The molecule has 4 heteroatoms. The highest BCUT2D eigenvalue weighted by atomic mass is 16.5. The molecule has 0 radical (unpaired) electrons. The zero-order valence-corrected chi connectivity index (χ0v) is 12.3. The van der Waals surface area contributed by atoms with Crippen molar-refractivity contribution in [3.8, 4) is 17.0 Å².